The van der Waals surface area contributed by atoms with Crippen molar-refractivity contribution in [3.8, 4) is 0 Å². The van der Waals surface area contributed by atoms with Crippen molar-refractivity contribution in [1.82, 2.24) is 20.2 Å². The van der Waals surface area contributed by atoms with Crippen LogP contribution >= 0.6 is 15.9 Å². The van der Waals surface area contributed by atoms with Gasteiger partial charge in [0.25, 0.3) is 0 Å². The molecule has 1 aliphatic heterocycles. The van der Waals surface area contributed by atoms with E-state index in [1.807, 2.05) is 29.6 Å². The summed E-state index contributed by atoms with van der Waals surface area (Å²) in [6.07, 6.45) is 3.47. The highest BCUT2D eigenvalue weighted by atomic mass is 79.9. The summed E-state index contributed by atoms with van der Waals surface area (Å²) in [7, 11) is 0. The van der Waals surface area contributed by atoms with E-state index in [9.17, 15) is 4.79 Å². The van der Waals surface area contributed by atoms with Gasteiger partial charge >= 0.3 is 5.91 Å². The fourth-order valence-corrected chi connectivity index (χ4v) is 3.05. The highest BCUT2D eigenvalue weighted by molar-refractivity contribution is 9.10. The van der Waals surface area contributed by atoms with E-state index in [0.717, 1.165) is 41.8 Å². The van der Waals surface area contributed by atoms with Gasteiger partial charge in [-0.25, -0.2) is 5.01 Å². The molecule has 0 spiro atoms. The summed E-state index contributed by atoms with van der Waals surface area (Å²) in [5.41, 5.74) is 4.89. The van der Waals surface area contributed by atoms with Crippen molar-refractivity contribution < 1.29 is 9.21 Å². The zero-order valence-electron chi connectivity index (χ0n) is 13.4. The molecule has 0 unspecified atom stereocenters. The van der Waals surface area contributed by atoms with Gasteiger partial charge in [0.15, 0.2) is 5.76 Å². The van der Waals surface area contributed by atoms with Gasteiger partial charge in [-0.3, -0.25) is 14.9 Å². The van der Waals surface area contributed by atoms with Gasteiger partial charge in [0.2, 0.25) is 0 Å². The Balaban J connectivity index is 1.65. The Morgan fingerprint density at radius 1 is 1.30 bits per heavy atom. The van der Waals surface area contributed by atoms with E-state index in [4.69, 9.17) is 4.42 Å². The quantitative estimate of drug-likeness (QED) is 0.885. The van der Waals surface area contributed by atoms with Crippen LogP contribution in [0.25, 0.3) is 0 Å². The number of hydrogen-bond donors (Lipinski definition) is 1. The van der Waals surface area contributed by atoms with Gasteiger partial charge < -0.3 is 4.42 Å². The summed E-state index contributed by atoms with van der Waals surface area (Å²) in [6, 6.07) is 3.55. The summed E-state index contributed by atoms with van der Waals surface area (Å²) < 4.78 is 8.55. The average Bonchev–Trinajstić information content (AvgIpc) is 3.10. The third-order valence-corrected chi connectivity index (χ3v) is 5.25. The number of nitrogens with zero attached hydrogens (tertiary/aromatic N) is 3. The SMILES string of the molecule is Cc1nn(Cc2ccc(C(=O)NN3CCCCC3)o2)c(C)c1Br. The predicted molar refractivity (Wildman–Crippen MR) is 90.1 cm³/mol. The van der Waals surface area contributed by atoms with Crippen LogP contribution < -0.4 is 5.43 Å². The van der Waals surface area contributed by atoms with E-state index in [-0.39, 0.29) is 5.91 Å². The minimum atomic E-state index is -0.187. The number of rotatable bonds is 4. The Bertz CT molecular complexity index is 701. The lowest BCUT2D eigenvalue weighted by molar-refractivity contribution is 0.0719. The number of piperidine rings is 1. The zero-order valence-corrected chi connectivity index (χ0v) is 15.0. The molecule has 1 saturated heterocycles. The molecule has 0 bridgehead atoms. The molecule has 0 aliphatic carbocycles. The first-order valence-electron chi connectivity index (χ1n) is 7.89. The van der Waals surface area contributed by atoms with Crippen LogP contribution in [0.15, 0.2) is 21.0 Å². The maximum atomic E-state index is 12.2. The molecular weight excluding hydrogens is 360 g/mol. The van der Waals surface area contributed by atoms with Crippen molar-refractivity contribution >= 4 is 21.8 Å². The standard InChI is InChI=1S/C16H21BrN4O2/c1-11-15(17)12(2)21(18-11)10-13-6-7-14(23-13)16(22)19-20-8-4-3-5-9-20/h6-7H,3-5,8-10H2,1-2H3,(H,19,22). The fraction of sp³-hybridized carbons (Fsp3) is 0.500. The summed E-state index contributed by atoms with van der Waals surface area (Å²) in [4.78, 5) is 12.2. The summed E-state index contributed by atoms with van der Waals surface area (Å²) in [5, 5.41) is 6.42. The van der Waals surface area contributed by atoms with E-state index in [1.54, 1.807) is 6.07 Å². The number of aromatic nitrogens is 2. The van der Waals surface area contributed by atoms with E-state index in [0.29, 0.717) is 18.1 Å². The number of nitrogens with one attached hydrogen (secondary N) is 1. The number of hydrazine groups is 1. The van der Waals surface area contributed by atoms with Crippen LogP contribution in [0, 0.1) is 13.8 Å². The number of hydrogen-bond acceptors (Lipinski definition) is 4. The number of halogens is 1. The maximum absolute atomic E-state index is 12.2. The Morgan fingerprint density at radius 2 is 2.04 bits per heavy atom. The minimum absolute atomic E-state index is 0.187. The normalized spacial score (nSPS) is 15.8. The Kier molecular flexibility index (Phi) is 4.87. The molecular formula is C16H21BrN4O2. The van der Waals surface area contributed by atoms with Gasteiger partial charge in [0, 0.05) is 13.1 Å². The second kappa shape index (κ2) is 6.88. The molecule has 0 radical (unpaired) electrons. The van der Waals surface area contributed by atoms with Gasteiger partial charge in [-0.1, -0.05) is 6.42 Å². The van der Waals surface area contributed by atoms with E-state index in [1.165, 1.54) is 6.42 Å². The first-order valence-corrected chi connectivity index (χ1v) is 8.68. The average molecular weight is 381 g/mol. The van der Waals surface area contributed by atoms with Gasteiger partial charge in [-0.2, -0.15) is 5.10 Å². The highest BCUT2D eigenvalue weighted by Gasteiger charge is 2.17. The number of aryl methyl sites for hydroxylation is 1. The van der Waals surface area contributed by atoms with Crippen molar-refractivity contribution in [1.29, 1.82) is 0 Å². The van der Waals surface area contributed by atoms with Gasteiger partial charge in [-0.05, 0) is 54.8 Å². The largest absolute Gasteiger partial charge is 0.454 e. The maximum Gasteiger partial charge on any atom is 0.301 e. The third-order valence-electron chi connectivity index (χ3n) is 4.10. The number of amides is 1. The molecule has 0 saturated carbocycles. The highest BCUT2D eigenvalue weighted by Crippen LogP contribution is 2.21. The van der Waals surface area contributed by atoms with Gasteiger partial charge in [0.05, 0.1) is 22.4 Å². The first-order chi connectivity index (χ1) is 11.0. The first kappa shape index (κ1) is 16.3. The van der Waals surface area contributed by atoms with Gasteiger partial charge in [0.1, 0.15) is 5.76 Å². The van der Waals surface area contributed by atoms with Crippen LogP contribution in [0.4, 0.5) is 0 Å². The molecule has 7 heteroatoms. The van der Waals surface area contributed by atoms with Gasteiger partial charge in [-0.15, -0.1) is 0 Å². The summed E-state index contributed by atoms with van der Waals surface area (Å²) >= 11 is 3.51. The minimum Gasteiger partial charge on any atom is -0.454 e. The molecule has 0 atom stereocenters. The Morgan fingerprint density at radius 3 is 2.70 bits per heavy atom. The van der Waals surface area contributed by atoms with Crippen LogP contribution in [0.3, 0.4) is 0 Å². The monoisotopic (exact) mass is 380 g/mol. The van der Waals surface area contributed by atoms with Crippen molar-refractivity contribution in [3.05, 3.63) is 39.5 Å². The lowest BCUT2D eigenvalue weighted by atomic mass is 10.2. The number of carbonyl (C=O) groups is 1. The second-order valence-corrected chi connectivity index (χ2v) is 6.69. The molecule has 2 aromatic rings. The van der Waals surface area contributed by atoms with E-state index in [2.05, 4.69) is 26.5 Å². The third kappa shape index (κ3) is 3.67. The molecule has 23 heavy (non-hydrogen) atoms. The molecule has 1 amide bonds. The molecule has 6 nitrogen and oxygen atoms in total. The van der Waals surface area contributed by atoms with Crippen LogP contribution in [-0.2, 0) is 6.54 Å². The molecule has 3 heterocycles. The topological polar surface area (TPSA) is 63.3 Å². The Labute approximate surface area is 143 Å². The molecule has 3 rings (SSSR count). The molecule has 1 fully saturated rings. The van der Waals surface area contributed by atoms with Crippen LogP contribution in [0.5, 0.6) is 0 Å². The predicted octanol–water partition coefficient (Wildman–Crippen LogP) is 3.03. The molecule has 1 aliphatic rings. The second-order valence-electron chi connectivity index (χ2n) is 5.90. The number of carbonyl (C=O) groups excluding carboxylic acids is 1. The van der Waals surface area contributed by atoms with Crippen LogP contribution in [-0.4, -0.2) is 33.8 Å². The summed E-state index contributed by atoms with van der Waals surface area (Å²) in [6.45, 7) is 6.26. The van der Waals surface area contributed by atoms with E-state index >= 15 is 0 Å². The van der Waals surface area contributed by atoms with E-state index < -0.39 is 0 Å². The Hall–Kier alpha value is -1.60. The zero-order chi connectivity index (χ0) is 16.4. The number of furan rings is 1. The molecule has 1 N–H and O–H groups in total. The van der Waals surface area contributed by atoms with Crippen molar-refractivity contribution in [2.75, 3.05) is 13.1 Å². The lowest BCUT2D eigenvalue weighted by Crippen LogP contribution is -2.44. The fourth-order valence-electron chi connectivity index (χ4n) is 2.77. The van der Waals surface area contributed by atoms with Crippen molar-refractivity contribution in [2.45, 2.75) is 39.7 Å². The lowest BCUT2D eigenvalue weighted by Gasteiger charge is -2.26. The van der Waals surface area contributed by atoms with Crippen molar-refractivity contribution in [2.24, 2.45) is 0 Å². The summed E-state index contributed by atoms with van der Waals surface area (Å²) in [5.74, 6) is 0.866. The van der Waals surface area contributed by atoms with Crippen molar-refractivity contribution in [3.63, 3.8) is 0 Å². The molecule has 124 valence electrons. The molecule has 0 aromatic carbocycles. The van der Waals surface area contributed by atoms with Crippen LogP contribution in [0.1, 0.15) is 47.0 Å². The van der Waals surface area contributed by atoms with Crippen LogP contribution in [0.2, 0.25) is 0 Å². The smallest absolute Gasteiger partial charge is 0.301 e. The molecule has 2 aromatic heterocycles.